The number of nitrogens with zero attached hydrogens (tertiary/aromatic N) is 4. The molecule has 30 heavy (non-hydrogen) atoms. The highest BCUT2D eigenvalue weighted by Crippen LogP contribution is 2.42. The van der Waals surface area contributed by atoms with Crippen molar-refractivity contribution in [2.75, 3.05) is 13.6 Å². The van der Waals surface area contributed by atoms with Gasteiger partial charge in [-0.2, -0.15) is 5.10 Å². The zero-order valence-corrected chi connectivity index (χ0v) is 19.0. The van der Waals surface area contributed by atoms with E-state index in [1.807, 2.05) is 18.2 Å². The van der Waals surface area contributed by atoms with Crippen LogP contribution in [0.4, 0.5) is 4.79 Å². The van der Waals surface area contributed by atoms with E-state index in [0.717, 1.165) is 41.4 Å². The maximum Gasteiger partial charge on any atom is 0.411 e. The van der Waals surface area contributed by atoms with Gasteiger partial charge in [0.15, 0.2) is 0 Å². The molecule has 1 saturated heterocycles. The molecule has 0 saturated carbocycles. The fourth-order valence-corrected chi connectivity index (χ4v) is 5.25. The highest BCUT2D eigenvalue weighted by atomic mass is 16.4. The molecule has 1 N–H and O–H groups in total. The van der Waals surface area contributed by atoms with Gasteiger partial charge in [-0.1, -0.05) is 25.1 Å². The summed E-state index contributed by atoms with van der Waals surface area (Å²) < 4.78 is 2.14. The Bertz CT molecular complexity index is 986. The molecular weight excluding hydrogens is 376 g/mol. The van der Waals surface area contributed by atoms with Gasteiger partial charge in [0.05, 0.1) is 17.3 Å². The SMILES string of the molecule is C[C@H]1CC=C(c2ccc3cn(C4CC(C)(C)N(C)C(C)(C)C4)nc3c2)N(C(=O)O)C1. The Hall–Kier alpha value is -2.34. The van der Waals surface area contributed by atoms with Crippen molar-refractivity contribution in [3.63, 3.8) is 0 Å². The number of rotatable bonds is 2. The second-order valence-electron chi connectivity index (χ2n) is 10.5. The van der Waals surface area contributed by atoms with Gasteiger partial charge in [0.2, 0.25) is 0 Å². The van der Waals surface area contributed by atoms with Crippen LogP contribution in [0.15, 0.2) is 30.5 Å². The number of amides is 1. The van der Waals surface area contributed by atoms with Crippen LogP contribution in [0.25, 0.3) is 16.6 Å². The minimum absolute atomic E-state index is 0.0985. The molecule has 0 bridgehead atoms. The quantitative estimate of drug-likeness (QED) is 0.737. The van der Waals surface area contributed by atoms with Crippen molar-refractivity contribution >= 4 is 22.7 Å². The summed E-state index contributed by atoms with van der Waals surface area (Å²) in [5.41, 5.74) is 2.82. The van der Waals surface area contributed by atoms with Crippen LogP contribution in [-0.2, 0) is 0 Å². The lowest BCUT2D eigenvalue weighted by Crippen LogP contribution is -2.58. The number of allylic oxidation sites excluding steroid dienone is 1. The number of hydrogen-bond acceptors (Lipinski definition) is 3. The molecule has 1 atom stereocenters. The van der Waals surface area contributed by atoms with Gasteiger partial charge in [-0.15, -0.1) is 0 Å². The molecule has 1 amide bonds. The molecule has 6 heteroatoms. The third-order valence-electron chi connectivity index (χ3n) is 7.21. The Morgan fingerprint density at radius 1 is 1.17 bits per heavy atom. The minimum atomic E-state index is -0.894. The summed E-state index contributed by atoms with van der Waals surface area (Å²) in [6.45, 7) is 11.8. The van der Waals surface area contributed by atoms with Crippen molar-refractivity contribution in [2.45, 2.75) is 71.0 Å². The van der Waals surface area contributed by atoms with E-state index >= 15 is 0 Å². The smallest absolute Gasteiger partial charge is 0.411 e. The average Bonchev–Trinajstić information content (AvgIpc) is 3.09. The lowest BCUT2D eigenvalue weighted by Gasteiger charge is -2.53. The van der Waals surface area contributed by atoms with Gasteiger partial charge in [0.25, 0.3) is 0 Å². The molecular formula is C24H34N4O2. The number of benzene rings is 1. The molecule has 1 fully saturated rings. The molecule has 0 aliphatic carbocycles. The van der Waals surface area contributed by atoms with Gasteiger partial charge in [-0.3, -0.25) is 14.5 Å². The molecule has 4 rings (SSSR count). The van der Waals surface area contributed by atoms with Gasteiger partial charge in [-0.05, 0) is 66.0 Å². The Kier molecular flexibility index (Phi) is 4.96. The molecule has 2 aromatic rings. The van der Waals surface area contributed by atoms with E-state index in [0.29, 0.717) is 18.5 Å². The second kappa shape index (κ2) is 7.12. The Morgan fingerprint density at radius 2 is 1.83 bits per heavy atom. The standard InChI is InChI=1S/C24H34N4O2/c1-16-7-10-21(27(14-16)22(29)30)17-8-9-18-15-28(25-20(18)11-17)19-12-23(2,3)26(6)24(4,5)13-19/h8-11,15-16,19H,7,12-14H2,1-6H3,(H,29,30)/t16-/m0/s1. The third-order valence-corrected chi connectivity index (χ3v) is 7.21. The molecule has 1 aromatic carbocycles. The van der Waals surface area contributed by atoms with Gasteiger partial charge in [0, 0.05) is 34.8 Å². The number of carbonyl (C=O) groups is 1. The molecule has 3 heterocycles. The summed E-state index contributed by atoms with van der Waals surface area (Å²) in [7, 11) is 2.22. The monoisotopic (exact) mass is 410 g/mol. The molecule has 2 aliphatic rings. The first kappa shape index (κ1) is 20.9. The number of hydrogen-bond donors (Lipinski definition) is 1. The van der Waals surface area contributed by atoms with Crippen LogP contribution in [0.2, 0.25) is 0 Å². The molecule has 6 nitrogen and oxygen atoms in total. The van der Waals surface area contributed by atoms with Crippen LogP contribution < -0.4 is 0 Å². The Morgan fingerprint density at radius 3 is 2.47 bits per heavy atom. The van der Waals surface area contributed by atoms with Gasteiger partial charge in [0.1, 0.15) is 0 Å². The number of carboxylic acid groups (broad SMARTS) is 1. The van der Waals surface area contributed by atoms with Crippen LogP contribution in [0.5, 0.6) is 0 Å². The first-order valence-corrected chi connectivity index (χ1v) is 10.9. The van der Waals surface area contributed by atoms with Crippen molar-refractivity contribution in [3.8, 4) is 0 Å². The highest BCUT2D eigenvalue weighted by molar-refractivity contribution is 5.86. The molecule has 1 aromatic heterocycles. The fourth-order valence-electron chi connectivity index (χ4n) is 5.25. The maximum absolute atomic E-state index is 11.8. The Balaban J connectivity index is 1.67. The van der Waals surface area contributed by atoms with Gasteiger partial charge >= 0.3 is 6.09 Å². The van der Waals surface area contributed by atoms with E-state index < -0.39 is 6.09 Å². The van der Waals surface area contributed by atoms with Crippen molar-refractivity contribution in [1.29, 1.82) is 0 Å². The molecule has 0 unspecified atom stereocenters. The number of aromatic nitrogens is 2. The first-order valence-electron chi connectivity index (χ1n) is 10.9. The molecule has 162 valence electrons. The van der Waals surface area contributed by atoms with Crippen LogP contribution in [0, 0.1) is 5.92 Å². The van der Waals surface area contributed by atoms with Crippen molar-refractivity contribution < 1.29 is 9.90 Å². The fraction of sp³-hybridized carbons (Fsp3) is 0.583. The van der Waals surface area contributed by atoms with Crippen molar-refractivity contribution in [1.82, 2.24) is 19.6 Å². The van der Waals surface area contributed by atoms with E-state index in [4.69, 9.17) is 5.10 Å². The van der Waals surface area contributed by atoms with E-state index in [1.165, 1.54) is 4.90 Å². The van der Waals surface area contributed by atoms with E-state index in [-0.39, 0.29) is 11.1 Å². The summed E-state index contributed by atoms with van der Waals surface area (Å²) in [6.07, 6.45) is 6.28. The number of fused-ring (bicyclic) bond motifs is 1. The Labute approximate surface area is 179 Å². The summed E-state index contributed by atoms with van der Waals surface area (Å²) in [6, 6.07) is 6.47. The zero-order chi connectivity index (χ0) is 21.8. The lowest BCUT2D eigenvalue weighted by molar-refractivity contribution is -0.0284. The van der Waals surface area contributed by atoms with Gasteiger partial charge in [-0.25, -0.2) is 4.79 Å². The minimum Gasteiger partial charge on any atom is -0.465 e. The average molecular weight is 411 g/mol. The van der Waals surface area contributed by atoms with Crippen LogP contribution >= 0.6 is 0 Å². The van der Waals surface area contributed by atoms with Crippen LogP contribution in [0.3, 0.4) is 0 Å². The van der Waals surface area contributed by atoms with E-state index in [9.17, 15) is 9.90 Å². The van der Waals surface area contributed by atoms with Crippen molar-refractivity contribution in [2.24, 2.45) is 5.92 Å². The van der Waals surface area contributed by atoms with Crippen LogP contribution in [-0.4, -0.2) is 55.5 Å². The van der Waals surface area contributed by atoms with E-state index in [2.05, 4.69) is 63.5 Å². The number of piperidine rings is 1. The topological polar surface area (TPSA) is 61.6 Å². The lowest BCUT2D eigenvalue weighted by atomic mass is 9.77. The molecule has 2 aliphatic heterocycles. The number of likely N-dealkylation sites (tertiary alicyclic amines) is 1. The summed E-state index contributed by atoms with van der Waals surface area (Å²) in [5.74, 6) is 0.337. The predicted molar refractivity (Wildman–Crippen MR) is 120 cm³/mol. The summed E-state index contributed by atoms with van der Waals surface area (Å²) >= 11 is 0. The second-order valence-corrected chi connectivity index (χ2v) is 10.5. The summed E-state index contributed by atoms with van der Waals surface area (Å²) in [4.78, 5) is 15.7. The van der Waals surface area contributed by atoms with Crippen molar-refractivity contribution in [3.05, 3.63) is 36.0 Å². The van der Waals surface area contributed by atoms with E-state index in [1.54, 1.807) is 0 Å². The zero-order valence-electron chi connectivity index (χ0n) is 19.0. The van der Waals surface area contributed by atoms with Crippen LogP contribution in [0.1, 0.15) is 65.5 Å². The molecule has 0 radical (unpaired) electrons. The van der Waals surface area contributed by atoms with Gasteiger partial charge < -0.3 is 5.11 Å². The third kappa shape index (κ3) is 3.62. The normalized spacial score (nSPS) is 24.8. The highest BCUT2D eigenvalue weighted by Gasteiger charge is 2.43. The maximum atomic E-state index is 11.8. The predicted octanol–water partition coefficient (Wildman–Crippen LogP) is 5.22. The summed E-state index contributed by atoms with van der Waals surface area (Å²) in [5, 5.41) is 15.7. The molecule has 0 spiro atoms. The first-order chi connectivity index (χ1) is 14.0. The largest absolute Gasteiger partial charge is 0.465 e.